The zero-order valence-electron chi connectivity index (χ0n) is 6.41. The van der Waals surface area contributed by atoms with Crippen molar-refractivity contribution in [2.24, 2.45) is 0 Å². The van der Waals surface area contributed by atoms with Gasteiger partial charge in [-0.1, -0.05) is 6.08 Å². The summed E-state index contributed by atoms with van der Waals surface area (Å²) < 4.78 is 2.08. The van der Waals surface area contributed by atoms with Crippen molar-refractivity contribution in [3.63, 3.8) is 0 Å². The van der Waals surface area contributed by atoms with Gasteiger partial charge in [0.1, 0.15) is 5.82 Å². The molecule has 1 aromatic rings. The van der Waals surface area contributed by atoms with Crippen molar-refractivity contribution in [2.75, 3.05) is 0 Å². The summed E-state index contributed by atoms with van der Waals surface area (Å²) in [4.78, 5) is 4.10. The minimum atomic E-state index is 0.350. The summed E-state index contributed by atoms with van der Waals surface area (Å²) in [6, 6.07) is 0.350. The summed E-state index contributed by atoms with van der Waals surface area (Å²) >= 11 is 0. The van der Waals surface area contributed by atoms with Crippen LogP contribution in [-0.4, -0.2) is 9.55 Å². The maximum Gasteiger partial charge on any atom is 0.106 e. The molecule has 1 unspecified atom stereocenters. The zero-order chi connectivity index (χ0) is 7.56. The van der Waals surface area contributed by atoms with Crippen LogP contribution in [0.5, 0.6) is 0 Å². The Morgan fingerprint density at radius 1 is 1.80 bits per heavy atom. The van der Waals surface area contributed by atoms with Crippen LogP contribution in [0.3, 0.4) is 0 Å². The number of aryl methyl sites for hydroxylation is 1. The molecule has 0 saturated carbocycles. The molecule has 1 heterocycles. The SMILES string of the molecule is C=CC(C)n1ccnc1C. The third kappa shape index (κ3) is 1.10. The van der Waals surface area contributed by atoms with Crippen molar-refractivity contribution < 1.29 is 0 Å². The van der Waals surface area contributed by atoms with Crippen molar-refractivity contribution in [3.05, 3.63) is 30.9 Å². The Morgan fingerprint density at radius 2 is 2.50 bits per heavy atom. The first kappa shape index (κ1) is 7.06. The lowest BCUT2D eigenvalue weighted by molar-refractivity contribution is 0.640. The molecule has 0 amide bonds. The Labute approximate surface area is 61.2 Å². The molecule has 0 fully saturated rings. The van der Waals surface area contributed by atoms with Crippen LogP contribution >= 0.6 is 0 Å². The fourth-order valence-electron chi connectivity index (χ4n) is 0.932. The van der Waals surface area contributed by atoms with Crippen LogP contribution in [0.25, 0.3) is 0 Å². The van der Waals surface area contributed by atoms with Gasteiger partial charge >= 0.3 is 0 Å². The minimum absolute atomic E-state index is 0.350. The molecule has 0 radical (unpaired) electrons. The van der Waals surface area contributed by atoms with Gasteiger partial charge in [-0.15, -0.1) is 6.58 Å². The highest BCUT2D eigenvalue weighted by Crippen LogP contribution is 2.07. The van der Waals surface area contributed by atoms with Crippen molar-refractivity contribution in [2.45, 2.75) is 19.9 Å². The van der Waals surface area contributed by atoms with E-state index in [-0.39, 0.29) is 0 Å². The van der Waals surface area contributed by atoms with Gasteiger partial charge in [0.05, 0.1) is 0 Å². The predicted molar refractivity (Wildman–Crippen MR) is 41.9 cm³/mol. The molecule has 54 valence electrons. The third-order valence-corrected chi connectivity index (χ3v) is 1.64. The van der Waals surface area contributed by atoms with E-state index in [0.29, 0.717) is 6.04 Å². The highest BCUT2D eigenvalue weighted by Gasteiger charge is 2.00. The second-order valence-corrected chi connectivity index (χ2v) is 2.36. The molecule has 10 heavy (non-hydrogen) atoms. The molecule has 1 rings (SSSR count). The summed E-state index contributed by atoms with van der Waals surface area (Å²) in [7, 11) is 0. The third-order valence-electron chi connectivity index (χ3n) is 1.64. The molecule has 2 heteroatoms. The Morgan fingerprint density at radius 3 is 2.90 bits per heavy atom. The average Bonchev–Trinajstić information content (AvgIpc) is 2.34. The molecular weight excluding hydrogens is 124 g/mol. The van der Waals surface area contributed by atoms with E-state index in [0.717, 1.165) is 5.82 Å². The van der Waals surface area contributed by atoms with Crippen LogP contribution in [0.15, 0.2) is 25.0 Å². The fraction of sp³-hybridized carbons (Fsp3) is 0.375. The van der Waals surface area contributed by atoms with Crippen LogP contribution < -0.4 is 0 Å². The number of hydrogen-bond donors (Lipinski definition) is 0. The Hall–Kier alpha value is -1.05. The van der Waals surface area contributed by atoms with E-state index in [1.807, 2.05) is 19.2 Å². The number of nitrogens with zero attached hydrogens (tertiary/aromatic N) is 2. The predicted octanol–water partition coefficient (Wildman–Crippen LogP) is 1.94. The first-order valence-electron chi connectivity index (χ1n) is 3.37. The monoisotopic (exact) mass is 136 g/mol. The van der Waals surface area contributed by atoms with Gasteiger partial charge < -0.3 is 4.57 Å². The molecule has 2 nitrogen and oxygen atoms in total. The number of rotatable bonds is 2. The lowest BCUT2D eigenvalue weighted by atomic mass is 10.3. The number of hydrogen-bond acceptors (Lipinski definition) is 1. The van der Waals surface area contributed by atoms with E-state index in [4.69, 9.17) is 0 Å². The lowest BCUT2D eigenvalue weighted by Crippen LogP contribution is -2.02. The molecule has 0 aliphatic heterocycles. The van der Waals surface area contributed by atoms with Gasteiger partial charge in [-0.2, -0.15) is 0 Å². The minimum Gasteiger partial charge on any atom is -0.329 e. The van der Waals surface area contributed by atoms with E-state index in [9.17, 15) is 0 Å². The quantitative estimate of drug-likeness (QED) is 0.568. The van der Waals surface area contributed by atoms with Gasteiger partial charge in [0.15, 0.2) is 0 Å². The van der Waals surface area contributed by atoms with Gasteiger partial charge in [-0.3, -0.25) is 0 Å². The molecular formula is C8H12N2. The lowest BCUT2D eigenvalue weighted by Gasteiger charge is -2.08. The zero-order valence-corrected chi connectivity index (χ0v) is 6.41. The summed E-state index contributed by atoms with van der Waals surface area (Å²) in [6.07, 6.45) is 5.66. The molecule has 0 saturated heterocycles. The van der Waals surface area contributed by atoms with E-state index < -0.39 is 0 Å². The normalized spacial score (nSPS) is 13.0. The van der Waals surface area contributed by atoms with Crippen LogP contribution in [0.2, 0.25) is 0 Å². The van der Waals surface area contributed by atoms with Crippen LogP contribution in [0.4, 0.5) is 0 Å². The standard InChI is InChI=1S/C8H12N2/c1-4-7(2)10-6-5-9-8(10)3/h4-7H,1H2,2-3H3. The number of imidazole rings is 1. The second kappa shape index (κ2) is 2.69. The summed E-state index contributed by atoms with van der Waals surface area (Å²) in [6.45, 7) is 7.78. The topological polar surface area (TPSA) is 17.8 Å². The highest BCUT2D eigenvalue weighted by atomic mass is 15.1. The number of allylic oxidation sites excluding steroid dienone is 1. The molecule has 1 atom stereocenters. The van der Waals surface area contributed by atoms with Crippen molar-refractivity contribution in [1.82, 2.24) is 9.55 Å². The molecule has 1 aromatic heterocycles. The van der Waals surface area contributed by atoms with E-state index in [1.165, 1.54) is 0 Å². The summed E-state index contributed by atoms with van der Waals surface area (Å²) in [5, 5.41) is 0. The highest BCUT2D eigenvalue weighted by molar-refractivity contribution is 4.95. The van der Waals surface area contributed by atoms with Gasteiger partial charge in [-0.05, 0) is 13.8 Å². The maximum atomic E-state index is 4.10. The molecule has 0 aliphatic carbocycles. The number of aromatic nitrogens is 2. The average molecular weight is 136 g/mol. The largest absolute Gasteiger partial charge is 0.329 e. The molecule has 0 aliphatic rings. The molecule has 0 bridgehead atoms. The van der Waals surface area contributed by atoms with Gasteiger partial charge in [0.2, 0.25) is 0 Å². The molecule has 0 aromatic carbocycles. The van der Waals surface area contributed by atoms with Crippen LogP contribution in [0, 0.1) is 6.92 Å². The van der Waals surface area contributed by atoms with E-state index in [2.05, 4.69) is 23.1 Å². The van der Waals surface area contributed by atoms with Crippen LogP contribution in [-0.2, 0) is 0 Å². The van der Waals surface area contributed by atoms with Gasteiger partial charge in [0, 0.05) is 18.4 Å². The Balaban J connectivity index is 2.92. The maximum absolute atomic E-state index is 4.10. The Bertz CT molecular complexity index is 225. The summed E-state index contributed by atoms with van der Waals surface area (Å²) in [5.74, 6) is 1.03. The smallest absolute Gasteiger partial charge is 0.106 e. The summed E-state index contributed by atoms with van der Waals surface area (Å²) in [5.41, 5.74) is 0. The van der Waals surface area contributed by atoms with Crippen molar-refractivity contribution >= 4 is 0 Å². The molecule has 0 spiro atoms. The van der Waals surface area contributed by atoms with E-state index in [1.54, 1.807) is 6.20 Å². The van der Waals surface area contributed by atoms with Crippen molar-refractivity contribution in [3.8, 4) is 0 Å². The molecule has 0 N–H and O–H groups in total. The second-order valence-electron chi connectivity index (χ2n) is 2.36. The Kier molecular flexibility index (Phi) is 1.90. The first-order chi connectivity index (χ1) is 4.75. The van der Waals surface area contributed by atoms with Gasteiger partial charge in [-0.25, -0.2) is 4.98 Å². The first-order valence-corrected chi connectivity index (χ1v) is 3.37. The van der Waals surface area contributed by atoms with Crippen LogP contribution in [0.1, 0.15) is 18.8 Å². The van der Waals surface area contributed by atoms with E-state index >= 15 is 0 Å². The fourth-order valence-corrected chi connectivity index (χ4v) is 0.932. The van der Waals surface area contributed by atoms with Gasteiger partial charge in [0.25, 0.3) is 0 Å². The van der Waals surface area contributed by atoms with Crippen molar-refractivity contribution in [1.29, 1.82) is 0 Å².